The fourth-order valence-electron chi connectivity index (χ4n) is 2.61. The molecule has 1 saturated heterocycles. The molecule has 0 aliphatic carbocycles. The highest BCUT2D eigenvalue weighted by Gasteiger charge is 2.26. The van der Waals surface area contributed by atoms with Gasteiger partial charge in [0, 0.05) is 22.9 Å². The summed E-state index contributed by atoms with van der Waals surface area (Å²) in [6.07, 6.45) is 3.68. The van der Waals surface area contributed by atoms with Crippen molar-refractivity contribution in [3.63, 3.8) is 0 Å². The van der Waals surface area contributed by atoms with Crippen molar-refractivity contribution in [3.8, 4) is 5.75 Å². The van der Waals surface area contributed by atoms with E-state index in [4.69, 9.17) is 4.74 Å². The van der Waals surface area contributed by atoms with Crippen molar-refractivity contribution in [1.82, 2.24) is 0 Å². The zero-order valence-electron chi connectivity index (χ0n) is 10.1. The largest absolute Gasteiger partial charge is 0.493 e. The molecule has 96 valence electrons. The number of thioether (sulfide) groups is 1. The summed E-state index contributed by atoms with van der Waals surface area (Å²) in [7, 11) is 0. The van der Waals surface area contributed by atoms with Crippen LogP contribution in [-0.4, -0.2) is 23.4 Å². The summed E-state index contributed by atoms with van der Waals surface area (Å²) in [6.45, 7) is 0.741. The van der Waals surface area contributed by atoms with E-state index in [1.165, 1.54) is 12.0 Å². The van der Waals surface area contributed by atoms with Crippen LogP contribution in [-0.2, 0) is 17.6 Å². The quantitative estimate of drug-likeness (QED) is 0.851. The lowest BCUT2D eigenvalue weighted by Gasteiger charge is -2.11. The van der Waals surface area contributed by atoms with E-state index in [1.54, 1.807) is 11.8 Å². The second kappa shape index (κ2) is 5.25. The number of rotatable bonds is 3. The van der Waals surface area contributed by atoms with E-state index < -0.39 is 0 Å². The molecule has 2 nitrogen and oxygen atoms in total. The van der Waals surface area contributed by atoms with E-state index in [-0.39, 0.29) is 5.25 Å². The zero-order chi connectivity index (χ0) is 12.5. The van der Waals surface area contributed by atoms with Crippen molar-refractivity contribution in [3.05, 3.63) is 27.7 Å². The van der Waals surface area contributed by atoms with Gasteiger partial charge in [-0.2, -0.15) is 11.8 Å². The van der Waals surface area contributed by atoms with Crippen LogP contribution < -0.4 is 4.74 Å². The molecule has 0 bridgehead atoms. The minimum absolute atomic E-state index is 0.209. The minimum atomic E-state index is 0.209. The fourth-order valence-corrected chi connectivity index (χ4v) is 4.38. The summed E-state index contributed by atoms with van der Waals surface area (Å²) in [6, 6.07) is 4.13. The van der Waals surface area contributed by atoms with E-state index >= 15 is 0 Å². The lowest BCUT2D eigenvalue weighted by atomic mass is 10.0. The highest BCUT2D eigenvalue weighted by molar-refractivity contribution is 9.10. The Balaban J connectivity index is 1.82. The molecule has 1 aromatic carbocycles. The van der Waals surface area contributed by atoms with Crippen molar-refractivity contribution in [2.24, 2.45) is 0 Å². The first-order valence-corrected chi connectivity index (χ1v) is 8.16. The van der Waals surface area contributed by atoms with Crippen LogP contribution in [0.5, 0.6) is 5.75 Å². The third-order valence-corrected chi connectivity index (χ3v) is 5.36. The average molecular weight is 327 g/mol. The summed E-state index contributed by atoms with van der Waals surface area (Å²) in [5, 5.41) is 0.209. The Morgan fingerprint density at radius 2 is 2.39 bits per heavy atom. The molecule has 1 unspecified atom stereocenters. The lowest BCUT2D eigenvalue weighted by Crippen LogP contribution is -2.16. The summed E-state index contributed by atoms with van der Waals surface area (Å²) in [5.74, 6) is 2.44. The molecule has 18 heavy (non-hydrogen) atoms. The molecule has 1 fully saturated rings. The topological polar surface area (TPSA) is 26.3 Å². The van der Waals surface area contributed by atoms with Crippen molar-refractivity contribution >= 4 is 33.5 Å². The number of carbonyl (C=O) groups is 1. The molecule has 4 heteroatoms. The normalized spacial score (nSPS) is 21.7. The Morgan fingerprint density at radius 3 is 3.17 bits per heavy atom. The van der Waals surface area contributed by atoms with Crippen LogP contribution >= 0.6 is 27.7 Å². The lowest BCUT2D eigenvalue weighted by molar-refractivity contribution is -0.117. The van der Waals surface area contributed by atoms with E-state index in [0.717, 1.165) is 41.0 Å². The van der Waals surface area contributed by atoms with Gasteiger partial charge in [-0.3, -0.25) is 4.79 Å². The molecule has 0 N–H and O–H groups in total. The molecule has 0 spiro atoms. The van der Waals surface area contributed by atoms with E-state index in [0.29, 0.717) is 12.2 Å². The summed E-state index contributed by atoms with van der Waals surface area (Å²) < 4.78 is 6.72. The minimum Gasteiger partial charge on any atom is -0.493 e. The van der Waals surface area contributed by atoms with Gasteiger partial charge in [-0.05, 0) is 36.3 Å². The van der Waals surface area contributed by atoms with E-state index in [9.17, 15) is 4.79 Å². The maximum Gasteiger partial charge on any atom is 0.150 e. The molecule has 2 aliphatic rings. The highest BCUT2D eigenvalue weighted by Crippen LogP contribution is 2.35. The second-order valence-electron chi connectivity index (χ2n) is 4.80. The number of hydrogen-bond acceptors (Lipinski definition) is 3. The maximum absolute atomic E-state index is 12.2. The van der Waals surface area contributed by atoms with Crippen molar-refractivity contribution in [2.75, 3.05) is 12.4 Å². The first kappa shape index (κ1) is 12.5. The second-order valence-corrected chi connectivity index (χ2v) is 7.02. The maximum atomic E-state index is 12.2. The molecule has 1 atom stereocenters. The van der Waals surface area contributed by atoms with E-state index in [1.807, 2.05) is 6.07 Å². The number of hydrogen-bond donors (Lipinski definition) is 0. The fraction of sp³-hybridized carbons (Fsp3) is 0.500. The number of ether oxygens (including phenoxy) is 1. The summed E-state index contributed by atoms with van der Waals surface area (Å²) in [4.78, 5) is 12.2. The Hall–Kier alpha value is -0.480. The monoisotopic (exact) mass is 326 g/mol. The van der Waals surface area contributed by atoms with Gasteiger partial charge in [0.15, 0.2) is 0 Å². The average Bonchev–Trinajstić information content (AvgIpc) is 2.98. The van der Waals surface area contributed by atoms with Crippen LogP contribution in [0.15, 0.2) is 16.6 Å². The Kier molecular flexibility index (Phi) is 3.66. The summed E-state index contributed by atoms with van der Waals surface area (Å²) in [5.41, 5.74) is 2.28. The van der Waals surface area contributed by atoms with Gasteiger partial charge in [0.1, 0.15) is 11.5 Å². The van der Waals surface area contributed by atoms with E-state index in [2.05, 4.69) is 22.0 Å². The van der Waals surface area contributed by atoms with Gasteiger partial charge in [-0.15, -0.1) is 0 Å². The Morgan fingerprint density at radius 1 is 1.50 bits per heavy atom. The van der Waals surface area contributed by atoms with Crippen molar-refractivity contribution in [1.29, 1.82) is 0 Å². The van der Waals surface area contributed by atoms with Crippen molar-refractivity contribution < 1.29 is 9.53 Å². The molecule has 0 aromatic heterocycles. The molecule has 2 aliphatic heterocycles. The van der Waals surface area contributed by atoms with Crippen molar-refractivity contribution in [2.45, 2.75) is 30.9 Å². The zero-order valence-corrected chi connectivity index (χ0v) is 12.5. The van der Waals surface area contributed by atoms with Crippen LogP contribution in [0.1, 0.15) is 24.0 Å². The summed E-state index contributed by atoms with van der Waals surface area (Å²) >= 11 is 5.32. The molecule has 0 saturated carbocycles. The van der Waals surface area contributed by atoms with Gasteiger partial charge in [-0.1, -0.05) is 15.9 Å². The standard InChI is InChI=1S/C14H15BrO2S/c15-11-6-9-3-4-17-14(9)10(7-11)8-12(16)13-2-1-5-18-13/h6-7,13H,1-5,8H2. The van der Waals surface area contributed by atoms with Gasteiger partial charge in [0.25, 0.3) is 0 Å². The third kappa shape index (κ3) is 2.45. The molecule has 2 heterocycles. The smallest absolute Gasteiger partial charge is 0.150 e. The molecular formula is C14H15BrO2S. The first-order chi connectivity index (χ1) is 8.74. The van der Waals surface area contributed by atoms with Crippen LogP contribution in [0, 0.1) is 0 Å². The highest BCUT2D eigenvalue weighted by atomic mass is 79.9. The number of fused-ring (bicyclic) bond motifs is 1. The van der Waals surface area contributed by atoms with Gasteiger partial charge >= 0.3 is 0 Å². The number of benzene rings is 1. The molecule has 0 radical (unpaired) electrons. The van der Waals surface area contributed by atoms with Gasteiger partial charge in [-0.25, -0.2) is 0 Å². The van der Waals surface area contributed by atoms with Crippen LogP contribution in [0.25, 0.3) is 0 Å². The van der Waals surface area contributed by atoms with Gasteiger partial charge in [0.05, 0.1) is 11.9 Å². The van der Waals surface area contributed by atoms with Gasteiger partial charge < -0.3 is 4.74 Å². The van der Waals surface area contributed by atoms with Gasteiger partial charge in [0.2, 0.25) is 0 Å². The van der Waals surface area contributed by atoms with Crippen LogP contribution in [0.2, 0.25) is 0 Å². The third-order valence-electron chi connectivity index (χ3n) is 3.48. The number of halogens is 1. The molecule has 0 amide bonds. The number of Topliss-reactive ketones (excluding diaryl/α,β-unsaturated/α-hetero) is 1. The SMILES string of the molecule is O=C(Cc1cc(Br)cc2c1OCC2)C1CCCS1. The molecular weight excluding hydrogens is 312 g/mol. The molecule has 1 aromatic rings. The Bertz CT molecular complexity index is 481. The molecule has 3 rings (SSSR count). The predicted molar refractivity (Wildman–Crippen MR) is 77.5 cm³/mol. The number of carbonyl (C=O) groups excluding carboxylic acids is 1. The predicted octanol–water partition coefficient (Wildman–Crippen LogP) is 3.39. The van der Waals surface area contributed by atoms with Crippen LogP contribution in [0.4, 0.5) is 0 Å². The number of ketones is 1. The first-order valence-electron chi connectivity index (χ1n) is 6.32. The Labute approximate surface area is 120 Å². The van der Waals surface area contributed by atoms with Crippen LogP contribution in [0.3, 0.4) is 0 Å².